The highest BCUT2D eigenvalue weighted by Crippen LogP contribution is 2.07. The maximum atomic E-state index is 10.5. The molecular weight excluding hydrogens is 182 g/mol. The molecule has 1 atom stereocenters. The number of hydrogen-bond donors (Lipinski definition) is 2. The second kappa shape index (κ2) is 8.97. The molecule has 0 aliphatic heterocycles. The average Bonchev–Trinajstić information content (AvgIpc) is 2.15. The Balaban J connectivity index is 3.28. The fourth-order valence-corrected chi connectivity index (χ4v) is 1.29. The Morgan fingerprint density at radius 1 is 1.50 bits per heavy atom. The van der Waals surface area contributed by atoms with E-state index in [0.29, 0.717) is 6.61 Å². The van der Waals surface area contributed by atoms with Gasteiger partial charge in [0.15, 0.2) is 0 Å². The van der Waals surface area contributed by atoms with Gasteiger partial charge in [-0.15, -0.1) is 0 Å². The first-order valence-electron chi connectivity index (χ1n) is 5.05. The first kappa shape index (κ1) is 13.4. The van der Waals surface area contributed by atoms with Crippen LogP contribution in [0.2, 0.25) is 0 Å². The SMILES string of the molecule is COCC(CO)CCCCNC(C)=O. The highest BCUT2D eigenvalue weighted by Gasteiger charge is 2.05. The van der Waals surface area contributed by atoms with Crippen molar-refractivity contribution in [2.24, 2.45) is 5.92 Å². The standard InChI is InChI=1S/C10H21NO3/c1-9(13)11-6-4-3-5-10(7-12)8-14-2/h10,12H,3-8H2,1-2H3,(H,11,13). The van der Waals surface area contributed by atoms with Crippen molar-refractivity contribution in [3.8, 4) is 0 Å². The minimum atomic E-state index is 0.0144. The van der Waals surface area contributed by atoms with Gasteiger partial charge >= 0.3 is 0 Å². The minimum Gasteiger partial charge on any atom is -0.396 e. The molecule has 0 radical (unpaired) electrons. The van der Waals surface area contributed by atoms with Crippen LogP contribution in [0, 0.1) is 5.92 Å². The summed E-state index contributed by atoms with van der Waals surface area (Å²) in [5.41, 5.74) is 0. The van der Waals surface area contributed by atoms with E-state index in [1.807, 2.05) is 0 Å². The Bertz CT molecular complexity index is 150. The van der Waals surface area contributed by atoms with E-state index in [9.17, 15) is 4.79 Å². The molecule has 0 saturated carbocycles. The van der Waals surface area contributed by atoms with Crippen LogP contribution in [0.25, 0.3) is 0 Å². The zero-order valence-corrected chi connectivity index (χ0v) is 9.08. The lowest BCUT2D eigenvalue weighted by molar-refractivity contribution is -0.118. The minimum absolute atomic E-state index is 0.0144. The maximum absolute atomic E-state index is 10.5. The second-order valence-corrected chi connectivity index (χ2v) is 3.48. The zero-order valence-electron chi connectivity index (χ0n) is 9.08. The van der Waals surface area contributed by atoms with Gasteiger partial charge in [-0.2, -0.15) is 0 Å². The summed E-state index contributed by atoms with van der Waals surface area (Å²) in [6, 6.07) is 0. The predicted molar refractivity (Wildman–Crippen MR) is 55.0 cm³/mol. The number of hydrogen-bond acceptors (Lipinski definition) is 3. The van der Waals surface area contributed by atoms with Crippen molar-refractivity contribution in [3.05, 3.63) is 0 Å². The normalized spacial score (nSPS) is 12.5. The monoisotopic (exact) mass is 203 g/mol. The highest BCUT2D eigenvalue weighted by molar-refractivity contribution is 5.72. The average molecular weight is 203 g/mol. The van der Waals surface area contributed by atoms with E-state index in [0.717, 1.165) is 25.8 Å². The first-order chi connectivity index (χ1) is 6.70. The molecule has 0 rings (SSSR count). The van der Waals surface area contributed by atoms with Gasteiger partial charge < -0.3 is 15.2 Å². The van der Waals surface area contributed by atoms with Crippen LogP contribution in [-0.2, 0) is 9.53 Å². The molecular formula is C10H21NO3. The molecule has 1 unspecified atom stereocenters. The lowest BCUT2D eigenvalue weighted by Gasteiger charge is -2.12. The number of ether oxygens (including phenoxy) is 1. The van der Waals surface area contributed by atoms with E-state index in [4.69, 9.17) is 9.84 Å². The Morgan fingerprint density at radius 3 is 2.71 bits per heavy atom. The van der Waals surface area contributed by atoms with Crippen molar-refractivity contribution in [3.63, 3.8) is 0 Å². The molecule has 14 heavy (non-hydrogen) atoms. The van der Waals surface area contributed by atoms with Crippen LogP contribution in [0.15, 0.2) is 0 Å². The van der Waals surface area contributed by atoms with E-state index in [1.54, 1.807) is 7.11 Å². The number of carbonyl (C=O) groups is 1. The van der Waals surface area contributed by atoms with Crippen LogP contribution in [0.5, 0.6) is 0 Å². The zero-order chi connectivity index (χ0) is 10.8. The molecule has 84 valence electrons. The number of unbranched alkanes of at least 4 members (excludes halogenated alkanes) is 1. The number of aliphatic hydroxyl groups is 1. The number of rotatable bonds is 8. The second-order valence-electron chi connectivity index (χ2n) is 3.48. The summed E-state index contributed by atoms with van der Waals surface area (Å²) < 4.78 is 4.96. The van der Waals surface area contributed by atoms with Crippen LogP contribution >= 0.6 is 0 Å². The van der Waals surface area contributed by atoms with Gasteiger partial charge in [0.1, 0.15) is 0 Å². The molecule has 0 fully saturated rings. The summed E-state index contributed by atoms with van der Waals surface area (Å²) in [6.07, 6.45) is 2.92. The van der Waals surface area contributed by atoms with E-state index < -0.39 is 0 Å². The van der Waals surface area contributed by atoms with Crippen molar-refractivity contribution in [1.29, 1.82) is 0 Å². The fourth-order valence-electron chi connectivity index (χ4n) is 1.29. The molecule has 0 heterocycles. The fraction of sp³-hybridized carbons (Fsp3) is 0.900. The largest absolute Gasteiger partial charge is 0.396 e. The lowest BCUT2D eigenvalue weighted by atomic mass is 10.0. The molecule has 0 spiro atoms. The van der Waals surface area contributed by atoms with E-state index in [1.165, 1.54) is 6.92 Å². The predicted octanol–water partition coefficient (Wildman–Crippen LogP) is 0.548. The third-order valence-electron chi connectivity index (χ3n) is 2.07. The van der Waals surface area contributed by atoms with E-state index >= 15 is 0 Å². The molecule has 1 amide bonds. The third-order valence-corrected chi connectivity index (χ3v) is 2.07. The molecule has 0 aromatic rings. The molecule has 0 aromatic heterocycles. The van der Waals surface area contributed by atoms with Gasteiger partial charge in [-0.05, 0) is 12.8 Å². The number of methoxy groups -OCH3 is 1. The van der Waals surface area contributed by atoms with Crippen LogP contribution in [0.4, 0.5) is 0 Å². The Morgan fingerprint density at radius 2 is 2.21 bits per heavy atom. The summed E-state index contributed by atoms with van der Waals surface area (Å²) in [5.74, 6) is 0.248. The van der Waals surface area contributed by atoms with Crippen molar-refractivity contribution in [1.82, 2.24) is 5.32 Å². The van der Waals surface area contributed by atoms with E-state index in [-0.39, 0.29) is 18.4 Å². The Labute approximate surface area is 85.6 Å². The van der Waals surface area contributed by atoms with Gasteiger partial charge in [-0.1, -0.05) is 6.42 Å². The molecule has 0 aliphatic rings. The topological polar surface area (TPSA) is 58.6 Å². The van der Waals surface area contributed by atoms with Crippen molar-refractivity contribution < 1.29 is 14.6 Å². The third kappa shape index (κ3) is 8.01. The first-order valence-corrected chi connectivity index (χ1v) is 5.05. The molecule has 2 N–H and O–H groups in total. The van der Waals surface area contributed by atoms with Gasteiger partial charge in [0.05, 0.1) is 6.61 Å². The van der Waals surface area contributed by atoms with Gasteiger partial charge in [0.2, 0.25) is 5.91 Å². The quantitative estimate of drug-likeness (QED) is 0.566. The van der Waals surface area contributed by atoms with E-state index in [2.05, 4.69) is 5.32 Å². The summed E-state index contributed by atoms with van der Waals surface area (Å²) in [5, 5.41) is 11.7. The summed E-state index contributed by atoms with van der Waals surface area (Å²) in [6.45, 7) is 3.02. The summed E-state index contributed by atoms with van der Waals surface area (Å²) in [7, 11) is 1.64. The molecule has 4 nitrogen and oxygen atoms in total. The maximum Gasteiger partial charge on any atom is 0.216 e. The Kier molecular flexibility index (Phi) is 8.57. The number of nitrogens with one attached hydrogen (secondary N) is 1. The van der Waals surface area contributed by atoms with Crippen molar-refractivity contribution >= 4 is 5.91 Å². The number of carbonyl (C=O) groups excluding carboxylic acids is 1. The van der Waals surface area contributed by atoms with Gasteiger partial charge in [-0.25, -0.2) is 0 Å². The molecule has 4 heteroatoms. The number of aliphatic hydroxyl groups excluding tert-OH is 1. The van der Waals surface area contributed by atoms with Gasteiger partial charge in [0.25, 0.3) is 0 Å². The van der Waals surface area contributed by atoms with Crippen LogP contribution in [0.1, 0.15) is 26.2 Å². The molecule has 0 aromatic carbocycles. The number of amides is 1. The van der Waals surface area contributed by atoms with Crippen LogP contribution < -0.4 is 5.32 Å². The highest BCUT2D eigenvalue weighted by atomic mass is 16.5. The van der Waals surface area contributed by atoms with Crippen LogP contribution in [0.3, 0.4) is 0 Å². The van der Waals surface area contributed by atoms with Crippen molar-refractivity contribution in [2.45, 2.75) is 26.2 Å². The lowest BCUT2D eigenvalue weighted by Crippen LogP contribution is -2.21. The smallest absolute Gasteiger partial charge is 0.216 e. The molecule has 0 aliphatic carbocycles. The summed E-state index contributed by atoms with van der Waals surface area (Å²) >= 11 is 0. The van der Waals surface area contributed by atoms with Crippen LogP contribution in [-0.4, -0.2) is 37.9 Å². The van der Waals surface area contributed by atoms with Crippen molar-refractivity contribution in [2.75, 3.05) is 26.9 Å². The van der Waals surface area contributed by atoms with Gasteiger partial charge in [0, 0.05) is 33.1 Å². The van der Waals surface area contributed by atoms with Gasteiger partial charge in [-0.3, -0.25) is 4.79 Å². The summed E-state index contributed by atoms with van der Waals surface area (Å²) in [4.78, 5) is 10.5. The molecule has 0 saturated heterocycles. The molecule has 0 bridgehead atoms. The Hall–Kier alpha value is -0.610.